The molecular formula is C23H16ClNO3. The SMILES string of the molecule is N#CC(=Cc1ccccc1OCc1ccc(C(=O)O)cc1)c1ccccc1Cl. The summed E-state index contributed by atoms with van der Waals surface area (Å²) in [5.74, 6) is -0.351. The van der Waals surface area contributed by atoms with Gasteiger partial charge in [-0.05, 0) is 35.9 Å². The van der Waals surface area contributed by atoms with Crippen molar-refractivity contribution in [3.05, 3.63) is 100 Å². The Morgan fingerprint density at radius 2 is 1.71 bits per heavy atom. The number of nitrogens with zero attached hydrogens (tertiary/aromatic N) is 1. The highest BCUT2D eigenvalue weighted by Crippen LogP contribution is 2.28. The molecule has 0 unspecified atom stereocenters. The number of ether oxygens (including phenoxy) is 1. The standard InChI is InChI=1S/C23H16ClNO3/c24-21-7-3-2-6-20(21)19(14-25)13-18-5-1-4-8-22(18)28-15-16-9-11-17(12-10-16)23(26)27/h1-13H,15H2,(H,26,27). The van der Waals surface area contributed by atoms with Gasteiger partial charge >= 0.3 is 5.97 Å². The third kappa shape index (κ3) is 4.59. The van der Waals surface area contributed by atoms with Gasteiger partial charge in [0.25, 0.3) is 0 Å². The van der Waals surface area contributed by atoms with Gasteiger partial charge in [-0.25, -0.2) is 4.79 Å². The van der Waals surface area contributed by atoms with Crippen molar-refractivity contribution in [1.82, 2.24) is 0 Å². The molecule has 3 aromatic carbocycles. The number of aromatic carboxylic acids is 1. The molecule has 3 rings (SSSR count). The summed E-state index contributed by atoms with van der Waals surface area (Å²) in [6.07, 6.45) is 1.74. The van der Waals surface area contributed by atoms with Crippen molar-refractivity contribution >= 4 is 29.2 Å². The second-order valence-corrected chi connectivity index (χ2v) is 6.39. The second-order valence-electron chi connectivity index (χ2n) is 5.98. The van der Waals surface area contributed by atoms with Crippen molar-refractivity contribution in [2.75, 3.05) is 0 Å². The molecule has 28 heavy (non-hydrogen) atoms. The number of carboxylic acids is 1. The van der Waals surface area contributed by atoms with Crippen molar-refractivity contribution in [3.63, 3.8) is 0 Å². The molecule has 0 heterocycles. The molecule has 0 aliphatic heterocycles. The molecule has 1 N–H and O–H groups in total. The lowest BCUT2D eigenvalue weighted by Crippen LogP contribution is -1.99. The minimum absolute atomic E-state index is 0.227. The van der Waals surface area contributed by atoms with Crippen molar-refractivity contribution in [2.24, 2.45) is 0 Å². The monoisotopic (exact) mass is 389 g/mol. The highest BCUT2D eigenvalue weighted by atomic mass is 35.5. The molecule has 0 aromatic heterocycles. The Morgan fingerprint density at radius 1 is 1.04 bits per heavy atom. The molecule has 3 aromatic rings. The summed E-state index contributed by atoms with van der Waals surface area (Å²) in [4.78, 5) is 10.9. The predicted octanol–water partition coefficient (Wildman–Crippen LogP) is 5.68. The Labute approximate surface area is 167 Å². The van der Waals surface area contributed by atoms with Crippen LogP contribution >= 0.6 is 11.6 Å². The van der Waals surface area contributed by atoms with Crippen LogP contribution in [0, 0.1) is 11.3 Å². The van der Waals surface area contributed by atoms with Crippen LogP contribution in [0.1, 0.15) is 27.0 Å². The molecule has 0 amide bonds. The Hall–Kier alpha value is -3.55. The first-order valence-electron chi connectivity index (χ1n) is 8.49. The van der Waals surface area contributed by atoms with E-state index in [1.165, 1.54) is 12.1 Å². The van der Waals surface area contributed by atoms with Crippen molar-refractivity contribution < 1.29 is 14.6 Å². The topological polar surface area (TPSA) is 70.3 Å². The lowest BCUT2D eigenvalue weighted by atomic mass is 10.0. The molecule has 0 bridgehead atoms. The van der Waals surface area contributed by atoms with Crippen LogP contribution in [0.4, 0.5) is 0 Å². The smallest absolute Gasteiger partial charge is 0.335 e. The maximum atomic E-state index is 10.9. The predicted molar refractivity (Wildman–Crippen MR) is 109 cm³/mol. The zero-order valence-electron chi connectivity index (χ0n) is 14.8. The van der Waals surface area contributed by atoms with Crippen LogP contribution in [-0.2, 0) is 6.61 Å². The van der Waals surface area contributed by atoms with Gasteiger partial charge in [-0.3, -0.25) is 0 Å². The summed E-state index contributed by atoms with van der Waals surface area (Å²) in [5.41, 5.74) is 2.92. The van der Waals surface area contributed by atoms with Gasteiger partial charge in [-0.2, -0.15) is 5.26 Å². The number of carboxylic acid groups (broad SMARTS) is 1. The molecule has 0 saturated heterocycles. The third-order valence-corrected chi connectivity index (χ3v) is 4.43. The summed E-state index contributed by atoms with van der Waals surface area (Å²) in [6.45, 7) is 0.277. The zero-order chi connectivity index (χ0) is 19.9. The van der Waals surface area contributed by atoms with E-state index >= 15 is 0 Å². The normalized spacial score (nSPS) is 10.9. The molecule has 0 fully saturated rings. The zero-order valence-corrected chi connectivity index (χ0v) is 15.6. The van der Waals surface area contributed by atoms with E-state index in [4.69, 9.17) is 21.4 Å². The average molecular weight is 390 g/mol. The van der Waals surface area contributed by atoms with Gasteiger partial charge in [-0.1, -0.05) is 60.1 Å². The van der Waals surface area contributed by atoms with Crippen LogP contribution in [0.15, 0.2) is 72.8 Å². The van der Waals surface area contributed by atoms with Gasteiger partial charge in [-0.15, -0.1) is 0 Å². The van der Waals surface area contributed by atoms with Crippen molar-refractivity contribution in [2.45, 2.75) is 6.61 Å². The second kappa shape index (κ2) is 8.90. The van der Waals surface area contributed by atoms with Crippen LogP contribution < -0.4 is 4.74 Å². The molecule has 0 saturated carbocycles. The average Bonchev–Trinajstić information content (AvgIpc) is 2.72. The highest BCUT2D eigenvalue weighted by molar-refractivity contribution is 6.32. The molecule has 5 heteroatoms. The number of allylic oxidation sites excluding steroid dienone is 1. The van der Waals surface area contributed by atoms with E-state index < -0.39 is 5.97 Å². The van der Waals surface area contributed by atoms with Gasteiger partial charge in [0.05, 0.1) is 17.2 Å². The fourth-order valence-corrected chi connectivity index (χ4v) is 2.88. The number of halogens is 1. The van der Waals surface area contributed by atoms with E-state index in [0.29, 0.717) is 21.9 Å². The van der Waals surface area contributed by atoms with E-state index in [-0.39, 0.29) is 12.2 Å². The minimum Gasteiger partial charge on any atom is -0.488 e. The first-order valence-corrected chi connectivity index (χ1v) is 8.87. The Balaban J connectivity index is 1.84. The van der Waals surface area contributed by atoms with E-state index in [1.54, 1.807) is 30.3 Å². The van der Waals surface area contributed by atoms with E-state index in [2.05, 4.69) is 6.07 Å². The van der Waals surface area contributed by atoms with Crippen molar-refractivity contribution in [3.8, 4) is 11.8 Å². The Bertz CT molecular complexity index is 1070. The summed E-state index contributed by atoms with van der Waals surface area (Å²) >= 11 is 6.21. The summed E-state index contributed by atoms with van der Waals surface area (Å²) in [7, 11) is 0. The lowest BCUT2D eigenvalue weighted by Gasteiger charge is -2.10. The molecule has 0 spiro atoms. The molecule has 4 nitrogen and oxygen atoms in total. The fourth-order valence-electron chi connectivity index (χ4n) is 2.64. The molecule has 0 aliphatic rings. The number of carbonyl (C=O) groups is 1. The maximum absolute atomic E-state index is 10.9. The molecule has 0 radical (unpaired) electrons. The van der Waals surface area contributed by atoms with Gasteiger partial charge < -0.3 is 9.84 Å². The molecular weight excluding hydrogens is 374 g/mol. The minimum atomic E-state index is -0.966. The van der Waals surface area contributed by atoms with Crippen LogP contribution in [-0.4, -0.2) is 11.1 Å². The number of rotatable bonds is 6. The van der Waals surface area contributed by atoms with Gasteiger partial charge in [0.15, 0.2) is 0 Å². The van der Waals surface area contributed by atoms with Gasteiger partial charge in [0, 0.05) is 16.1 Å². The number of para-hydroxylation sites is 1. The molecule has 0 atom stereocenters. The number of hydrogen-bond acceptors (Lipinski definition) is 3. The summed E-state index contributed by atoms with van der Waals surface area (Å²) in [5, 5.41) is 19.0. The quantitative estimate of drug-likeness (QED) is 0.434. The Morgan fingerprint density at radius 3 is 2.39 bits per heavy atom. The summed E-state index contributed by atoms with van der Waals surface area (Å²) < 4.78 is 5.90. The van der Waals surface area contributed by atoms with Gasteiger partial charge in [0.1, 0.15) is 12.4 Å². The largest absolute Gasteiger partial charge is 0.488 e. The highest BCUT2D eigenvalue weighted by Gasteiger charge is 2.08. The number of nitriles is 1. The van der Waals surface area contributed by atoms with E-state index in [9.17, 15) is 10.1 Å². The summed E-state index contributed by atoms with van der Waals surface area (Å²) in [6, 6.07) is 23.3. The third-order valence-electron chi connectivity index (χ3n) is 4.10. The fraction of sp³-hybridized carbons (Fsp3) is 0.0435. The first-order chi connectivity index (χ1) is 13.6. The van der Waals surface area contributed by atoms with Crippen LogP contribution in [0.2, 0.25) is 5.02 Å². The van der Waals surface area contributed by atoms with E-state index in [0.717, 1.165) is 11.1 Å². The molecule has 138 valence electrons. The van der Waals surface area contributed by atoms with Crippen LogP contribution in [0.3, 0.4) is 0 Å². The van der Waals surface area contributed by atoms with Crippen molar-refractivity contribution in [1.29, 1.82) is 5.26 Å². The number of hydrogen-bond donors (Lipinski definition) is 1. The number of benzene rings is 3. The molecule has 0 aliphatic carbocycles. The first kappa shape index (κ1) is 19.2. The Kier molecular flexibility index (Phi) is 6.11. The van der Waals surface area contributed by atoms with E-state index in [1.807, 2.05) is 36.4 Å². The lowest BCUT2D eigenvalue weighted by molar-refractivity contribution is 0.0697. The van der Waals surface area contributed by atoms with Gasteiger partial charge in [0.2, 0.25) is 0 Å². The van der Waals surface area contributed by atoms with Crippen LogP contribution in [0.5, 0.6) is 5.75 Å². The van der Waals surface area contributed by atoms with Crippen LogP contribution in [0.25, 0.3) is 11.6 Å². The maximum Gasteiger partial charge on any atom is 0.335 e.